The fraction of sp³-hybridized carbons (Fsp3) is 0.300. The fourth-order valence-electron chi connectivity index (χ4n) is 1.29. The SMILES string of the molecule is COC(=O)c1ccc(Cl)c(Cl)c1N(C)S(C)(=O)=O. The number of halogens is 2. The normalized spacial score (nSPS) is 11.2. The summed E-state index contributed by atoms with van der Waals surface area (Å²) in [6.45, 7) is 0. The van der Waals surface area contributed by atoms with Crippen LogP contribution in [0, 0.1) is 0 Å². The lowest BCUT2D eigenvalue weighted by Crippen LogP contribution is -2.27. The molecule has 0 N–H and O–H groups in total. The lowest BCUT2D eigenvalue weighted by molar-refractivity contribution is 0.0601. The van der Waals surface area contributed by atoms with Crippen molar-refractivity contribution >= 4 is 44.9 Å². The van der Waals surface area contributed by atoms with Gasteiger partial charge in [0.2, 0.25) is 10.0 Å². The Morgan fingerprint density at radius 2 is 1.89 bits per heavy atom. The number of nitrogens with zero attached hydrogens (tertiary/aromatic N) is 1. The van der Waals surface area contributed by atoms with Gasteiger partial charge in [0.15, 0.2) is 0 Å². The first-order valence-corrected chi connectivity index (χ1v) is 7.30. The molecule has 0 aliphatic heterocycles. The van der Waals surface area contributed by atoms with Gasteiger partial charge in [-0.05, 0) is 12.1 Å². The molecular weight excluding hydrogens is 301 g/mol. The van der Waals surface area contributed by atoms with Crippen molar-refractivity contribution in [2.24, 2.45) is 0 Å². The van der Waals surface area contributed by atoms with Gasteiger partial charge in [0, 0.05) is 7.05 Å². The Kier molecular flexibility index (Phi) is 4.47. The maximum Gasteiger partial charge on any atom is 0.340 e. The lowest BCUT2D eigenvalue weighted by Gasteiger charge is -2.21. The molecule has 0 saturated carbocycles. The molecule has 0 aliphatic carbocycles. The molecule has 0 atom stereocenters. The van der Waals surface area contributed by atoms with Gasteiger partial charge in [0.1, 0.15) is 0 Å². The third-order valence-electron chi connectivity index (χ3n) is 2.29. The second-order valence-electron chi connectivity index (χ2n) is 3.48. The van der Waals surface area contributed by atoms with Gasteiger partial charge in [-0.1, -0.05) is 23.2 Å². The highest BCUT2D eigenvalue weighted by molar-refractivity contribution is 7.92. The van der Waals surface area contributed by atoms with E-state index in [4.69, 9.17) is 23.2 Å². The minimum Gasteiger partial charge on any atom is -0.465 e. The van der Waals surface area contributed by atoms with E-state index >= 15 is 0 Å². The average Bonchev–Trinajstić information content (AvgIpc) is 2.29. The summed E-state index contributed by atoms with van der Waals surface area (Å²) in [6, 6.07) is 2.76. The number of carbonyl (C=O) groups excluding carboxylic acids is 1. The van der Waals surface area contributed by atoms with E-state index in [1.54, 1.807) is 0 Å². The highest BCUT2D eigenvalue weighted by atomic mass is 35.5. The van der Waals surface area contributed by atoms with Crippen LogP contribution in [0.2, 0.25) is 10.0 Å². The zero-order valence-corrected chi connectivity index (χ0v) is 12.2. The molecule has 0 fully saturated rings. The molecule has 0 radical (unpaired) electrons. The van der Waals surface area contributed by atoms with Gasteiger partial charge in [-0.15, -0.1) is 0 Å². The van der Waals surface area contributed by atoms with Crippen molar-refractivity contribution in [3.63, 3.8) is 0 Å². The van der Waals surface area contributed by atoms with Gasteiger partial charge in [0.25, 0.3) is 0 Å². The van der Waals surface area contributed by atoms with E-state index in [0.717, 1.165) is 10.6 Å². The molecule has 100 valence electrons. The summed E-state index contributed by atoms with van der Waals surface area (Å²) in [6.07, 6.45) is 0.991. The number of ether oxygens (including phenoxy) is 1. The number of rotatable bonds is 3. The average molecular weight is 312 g/mol. The predicted molar refractivity (Wildman–Crippen MR) is 71.0 cm³/mol. The highest BCUT2D eigenvalue weighted by Crippen LogP contribution is 2.36. The number of carbonyl (C=O) groups is 1. The number of anilines is 1. The smallest absolute Gasteiger partial charge is 0.340 e. The van der Waals surface area contributed by atoms with Crippen LogP contribution in [0.1, 0.15) is 10.4 Å². The molecule has 1 aromatic rings. The Morgan fingerprint density at radius 3 is 2.33 bits per heavy atom. The second kappa shape index (κ2) is 5.34. The lowest BCUT2D eigenvalue weighted by atomic mass is 10.2. The predicted octanol–water partition coefficient (Wildman–Crippen LogP) is 2.18. The first-order chi connectivity index (χ1) is 8.20. The van der Waals surface area contributed by atoms with Crippen LogP contribution in [0.4, 0.5) is 5.69 Å². The Morgan fingerprint density at radius 1 is 1.33 bits per heavy atom. The molecule has 0 saturated heterocycles. The van der Waals surface area contributed by atoms with Crippen molar-refractivity contribution in [3.8, 4) is 0 Å². The van der Waals surface area contributed by atoms with Gasteiger partial charge in [-0.25, -0.2) is 13.2 Å². The number of benzene rings is 1. The van der Waals surface area contributed by atoms with Crippen LogP contribution in [0.25, 0.3) is 0 Å². The number of methoxy groups -OCH3 is 1. The standard InChI is InChI=1S/C10H11Cl2NO4S/c1-13(18(3,15)16)9-6(10(14)17-2)4-5-7(11)8(9)12/h4-5H,1-3H3. The largest absolute Gasteiger partial charge is 0.465 e. The molecule has 0 bridgehead atoms. The Hall–Kier alpha value is -0.980. The van der Waals surface area contributed by atoms with Gasteiger partial charge >= 0.3 is 5.97 Å². The van der Waals surface area contributed by atoms with Gasteiger partial charge in [-0.2, -0.15) is 0 Å². The van der Waals surface area contributed by atoms with Crippen molar-refractivity contribution in [1.82, 2.24) is 0 Å². The molecule has 0 amide bonds. The van der Waals surface area contributed by atoms with E-state index in [1.807, 2.05) is 0 Å². The number of hydrogen-bond acceptors (Lipinski definition) is 4. The Bertz CT molecular complexity index is 586. The molecule has 0 aliphatic rings. The summed E-state index contributed by atoms with van der Waals surface area (Å²) in [4.78, 5) is 11.6. The topological polar surface area (TPSA) is 63.7 Å². The van der Waals surface area contributed by atoms with Crippen molar-refractivity contribution in [1.29, 1.82) is 0 Å². The van der Waals surface area contributed by atoms with Crippen LogP contribution in [-0.4, -0.2) is 34.8 Å². The van der Waals surface area contributed by atoms with Crippen LogP contribution in [0.15, 0.2) is 12.1 Å². The van der Waals surface area contributed by atoms with Crippen molar-refractivity contribution in [2.45, 2.75) is 0 Å². The van der Waals surface area contributed by atoms with Crippen LogP contribution in [0.5, 0.6) is 0 Å². The molecule has 0 unspecified atom stereocenters. The van der Waals surface area contributed by atoms with E-state index in [-0.39, 0.29) is 21.3 Å². The van der Waals surface area contributed by atoms with Crippen LogP contribution >= 0.6 is 23.2 Å². The number of esters is 1. The molecule has 0 heterocycles. The maximum absolute atomic E-state index is 11.6. The zero-order chi connectivity index (χ0) is 14.1. The first kappa shape index (κ1) is 15.1. The van der Waals surface area contributed by atoms with E-state index in [1.165, 1.54) is 26.3 Å². The van der Waals surface area contributed by atoms with Crippen molar-refractivity contribution < 1.29 is 17.9 Å². The molecule has 5 nitrogen and oxygen atoms in total. The molecule has 0 spiro atoms. The van der Waals surface area contributed by atoms with Crippen molar-refractivity contribution in [2.75, 3.05) is 24.7 Å². The zero-order valence-electron chi connectivity index (χ0n) is 9.90. The molecule has 18 heavy (non-hydrogen) atoms. The van der Waals surface area contributed by atoms with E-state index in [9.17, 15) is 13.2 Å². The van der Waals surface area contributed by atoms with Gasteiger partial charge < -0.3 is 4.74 Å². The molecule has 0 aromatic heterocycles. The molecule has 8 heteroatoms. The van der Waals surface area contributed by atoms with E-state index < -0.39 is 16.0 Å². The minimum atomic E-state index is -3.58. The summed E-state index contributed by atoms with van der Waals surface area (Å²) in [5.41, 5.74) is 0.0262. The summed E-state index contributed by atoms with van der Waals surface area (Å²) in [7, 11) is -1.11. The molecule has 1 aromatic carbocycles. The quantitative estimate of drug-likeness (QED) is 0.803. The van der Waals surface area contributed by atoms with Gasteiger partial charge in [-0.3, -0.25) is 4.31 Å². The maximum atomic E-state index is 11.6. The molecular formula is C10H11Cl2NO4S. The summed E-state index contributed by atoms with van der Waals surface area (Å²) in [5.74, 6) is -0.695. The highest BCUT2D eigenvalue weighted by Gasteiger charge is 2.24. The number of hydrogen-bond donors (Lipinski definition) is 0. The Labute approximate surface area is 115 Å². The fourth-order valence-corrected chi connectivity index (χ4v) is 2.30. The summed E-state index contributed by atoms with van der Waals surface area (Å²) in [5, 5.41) is 0.127. The molecule has 1 rings (SSSR count). The Balaban J connectivity index is 3.58. The van der Waals surface area contributed by atoms with Crippen LogP contribution < -0.4 is 4.31 Å². The summed E-state index contributed by atoms with van der Waals surface area (Å²) >= 11 is 11.8. The van der Waals surface area contributed by atoms with E-state index in [0.29, 0.717) is 0 Å². The van der Waals surface area contributed by atoms with E-state index in [2.05, 4.69) is 4.74 Å². The monoisotopic (exact) mass is 311 g/mol. The summed E-state index contributed by atoms with van der Waals surface area (Å²) < 4.78 is 28.5. The number of sulfonamides is 1. The third kappa shape index (κ3) is 2.88. The first-order valence-electron chi connectivity index (χ1n) is 4.70. The second-order valence-corrected chi connectivity index (χ2v) is 6.28. The minimum absolute atomic E-state index is 0.00137. The van der Waals surface area contributed by atoms with Crippen molar-refractivity contribution in [3.05, 3.63) is 27.7 Å². The van der Waals surface area contributed by atoms with Gasteiger partial charge in [0.05, 0.1) is 34.7 Å². The third-order valence-corrected chi connectivity index (χ3v) is 4.26. The van der Waals surface area contributed by atoms with Crippen LogP contribution in [0.3, 0.4) is 0 Å². The van der Waals surface area contributed by atoms with Crippen LogP contribution in [-0.2, 0) is 14.8 Å².